The van der Waals surface area contributed by atoms with Gasteiger partial charge in [-0.1, -0.05) is 25.1 Å². The van der Waals surface area contributed by atoms with Gasteiger partial charge in [-0.05, 0) is 50.3 Å². The van der Waals surface area contributed by atoms with Gasteiger partial charge in [0.1, 0.15) is 5.82 Å². The number of aliphatic hydroxyl groups is 2. The minimum Gasteiger partial charge on any atom is -0.394 e. The molecule has 0 saturated heterocycles. The molecule has 0 radical (unpaired) electrons. The van der Waals surface area contributed by atoms with Crippen LogP contribution >= 0.6 is 0 Å². The number of aryl methyl sites for hydroxylation is 1. The second-order valence-corrected chi connectivity index (χ2v) is 7.84. The van der Waals surface area contributed by atoms with E-state index in [4.69, 9.17) is 0 Å². The molecule has 3 N–H and O–H groups in total. The summed E-state index contributed by atoms with van der Waals surface area (Å²) in [5.74, 6) is 1.47. The molecule has 0 aliphatic carbocycles. The molecule has 2 aromatic rings. The van der Waals surface area contributed by atoms with Crippen LogP contribution in [-0.4, -0.2) is 39.4 Å². The van der Waals surface area contributed by atoms with Gasteiger partial charge in [0.2, 0.25) is 5.95 Å². The quantitative estimate of drug-likeness (QED) is 0.725. The van der Waals surface area contributed by atoms with Crippen LogP contribution in [0.15, 0.2) is 24.3 Å². The van der Waals surface area contributed by atoms with Gasteiger partial charge in [0.25, 0.3) is 0 Å². The molecule has 1 aromatic heterocycles. The SMILES string of the molecule is CCc1cc(N2CCc3cc(C(C)(C)O)ccc3C2)nc(N[C@H](C)CO)n1. The minimum atomic E-state index is -0.821. The first-order valence-corrected chi connectivity index (χ1v) is 9.65. The van der Waals surface area contributed by atoms with Gasteiger partial charge in [-0.3, -0.25) is 0 Å². The number of nitrogens with one attached hydrogen (secondary N) is 1. The maximum atomic E-state index is 10.2. The average molecular weight is 370 g/mol. The first-order valence-electron chi connectivity index (χ1n) is 9.65. The zero-order valence-electron chi connectivity index (χ0n) is 16.7. The standard InChI is InChI=1S/C21H30N4O2/c1-5-18-11-19(24-20(23-18)22-14(2)13-26)25-9-8-15-10-17(21(3,4)27)7-6-16(15)12-25/h6-7,10-11,14,26-27H,5,8-9,12-13H2,1-4H3,(H,22,23,24)/t14-/m1/s1. The molecule has 3 rings (SSSR count). The zero-order valence-corrected chi connectivity index (χ0v) is 16.7. The van der Waals surface area contributed by atoms with Crippen molar-refractivity contribution >= 4 is 11.8 Å². The van der Waals surface area contributed by atoms with Gasteiger partial charge in [-0.15, -0.1) is 0 Å². The number of fused-ring (bicyclic) bond motifs is 1. The summed E-state index contributed by atoms with van der Waals surface area (Å²) in [4.78, 5) is 11.5. The number of aromatic nitrogens is 2. The summed E-state index contributed by atoms with van der Waals surface area (Å²) >= 11 is 0. The Morgan fingerprint density at radius 1 is 1.22 bits per heavy atom. The van der Waals surface area contributed by atoms with Crippen LogP contribution in [0.4, 0.5) is 11.8 Å². The normalized spacial score (nSPS) is 15.4. The highest BCUT2D eigenvalue weighted by molar-refractivity contribution is 5.49. The summed E-state index contributed by atoms with van der Waals surface area (Å²) in [6, 6.07) is 8.21. The van der Waals surface area contributed by atoms with Gasteiger partial charge in [-0.2, -0.15) is 4.98 Å². The van der Waals surface area contributed by atoms with Crippen molar-refractivity contribution in [2.45, 2.75) is 58.7 Å². The molecular formula is C21H30N4O2. The first-order chi connectivity index (χ1) is 12.8. The number of nitrogens with zero attached hydrogens (tertiary/aromatic N) is 3. The smallest absolute Gasteiger partial charge is 0.225 e. The van der Waals surface area contributed by atoms with Gasteiger partial charge in [-0.25, -0.2) is 4.98 Å². The summed E-state index contributed by atoms with van der Waals surface area (Å²) < 4.78 is 0. The van der Waals surface area contributed by atoms with E-state index < -0.39 is 5.60 Å². The fraction of sp³-hybridized carbons (Fsp3) is 0.524. The molecule has 6 nitrogen and oxygen atoms in total. The van der Waals surface area contributed by atoms with Crippen molar-refractivity contribution in [3.63, 3.8) is 0 Å². The molecule has 0 unspecified atom stereocenters. The number of rotatable bonds is 6. The summed E-state index contributed by atoms with van der Waals surface area (Å²) in [6.45, 7) is 9.32. The Morgan fingerprint density at radius 2 is 2.00 bits per heavy atom. The van der Waals surface area contributed by atoms with E-state index in [1.165, 1.54) is 11.1 Å². The number of anilines is 2. The van der Waals surface area contributed by atoms with Crippen molar-refractivity contribution in [1.29, 1.82) is 0 Å². The van der Waals surface area contributed by atoms with Crippen LogP contribution in [0.2, 0.25) is 0 Å². The second-order valence-electron chi connectivity index (χ2n) is 7.84. The Hall–Kier alpha value is -2.18. The largest absolute Gasteiger partial charge is 0.394 e. The van der Waals surface area contributed by atoms with Crippen LogP contribution in [-0.2, 0) is 25.0 Å². The van der Waals surface area contributed by atoms with E-state index in [1.807, 2.05) is 32.9 Å². The minimum absolute atomic E-state index is 0.0374. The van der Waals surface area contributed by atoms with Crippen molar-refractivity contribution in [2.24, 2.45) is 0 Å². The first kappa shape index (κ1) is 19.6. The molecule has 6 heteroatoms. The fourth-order valence-corrected chi connectivity index (χ4v) is 3.29. The second kappa shape index (κ2) is 7.82. The Balaban J connectivity index is 1.85. The van der Waals surface area contributed by atoms with E-state index in [0.29, 0.717) is 5.95 Å². The van der Waals surface area contributed by atoms with Crippen LogP contribution in [0.1, 0.15) is 50.1 Å². The van der Waals surface area contributed by atoms with Gasteiger partial charge >= 0.3 is 0 Å². The summed E-state index contributed by atoms with van der Waals surface area (Å²) in [5, 5.41) is 22.7. The highest BCUT2D eigenvalue weighted by atomic mass is 16.3. The van der Waals surface area contributed by atoms with E-state index in [2.05, 4.69) is 39.2 Å². The van der Waals surface area contributed by atoms with Crippen molar-refractivity contribution in [3.05, 3.63) is 46.6 Å². The summed E-state index contributed by atoms with van der Waals surface area (Å²) in [5.41, 5.74) is 3.68. The Labute approximate surface area is 161 Å². The van der Waals surface area contributed by atoms with Crippen LogP contribution in [0, 0.1) is 0 Å². The molecule has 2 heterocycles. The molecule has 0 saturated carbocycles. The summed E-state index contributed by atoms with van der Waals surface area (Å²) in [7, 11) is 0. The molecule has 0 spiro atoms. The highest BCUT2D eigenvalue weighted by Crippen LogP contribution is 2.28. The lowest BCUT2D eigenvalue weighted by Gasteiger charge is -2.31. The monoisotopic (exact) mass is 370 g/mol. The lowest BCUT2D eigenvalue weighted by molar-refractivity contribution is 0.0785. The van der Waals surface area contributed by atoms with Crippen LogP contribution in [0.3, 0.4) is 0 Å². The Bertz CT molecular complexity index is 801. The molecule has 0 amide bonds. The third-order valence-electron chi connectivity index (χ3n) is 5.03. The molecule has 1 aromatic carbocycles. The lowest BCUT2D eigenvalue weighted by atomic mass is 9.91. The fourth-order valence-electron chi connectivity index (χ4n) is 3.29. The van der Waals surface area contributed by atoms with E-state index >= 15 is 0 Å². The lowest BCUT2D eigenvalue weighted by Crippen LogP contribution is -2.32. The van der Waals surface area contributed by atoms with Gasteiger partial charge in [0.05, 0.1) is 12.2 Å². The third kappa shape index (κ3) is 4.57. The molecule has 1 aliphatic heterocycles. The molecule has 1 aliphatic rings. The van der Waals surface area contributed by atoms with Crippen molar-refractivity contribution < 1.29 is 10.2 Å². The number of benzene rings is 1. The van der Waals surface area contributed by atoms with Crippen molar-refractivity contribution in [3.8, 4) is 0 Å². The molecular weight excluding hydrogens is 340 g/mol. The average Bonchev–Trinajstić information content (AvgIpc) is 2.65. The molecule has 1 atom stereocenters. The molecule has 27 heavy (non-hydrogen) atoms. The predicted octanol–water partition coefficient (Wildman–Crippen LogP) is 2.62. The van der Waals surface area contributed by atoms with Crippen molar-refractivity contribution in [1.82, 2.24) is 9.97 Å². The van der Waals surface area contributed by atoms with Crippen LogP contribution in [0.25, 0.3) is 0 Å². The zero-order chi connectivity index (χ0) is 19.6. The maximum Gasteiger partial charge on any atom is 0.225 e. The predicted molar refractivity (Wildman–Crippen MR) is 108 cm³/mol. The van der Waals surface area contributed by atoms with Crippen LogP contribution in [0.5, 0.6) is 0 Å². The van der Waals surface area contributed by atoms with Gasteiger partial charge in [0, 0.05) is 30.9 Å². The maximum absolute atomic E-state index is 10.2. The Morgan fingerprint density at radius 3 is 2.67 bits per heavy atom. The number of hydrogen-bond acceptors (Lipinski definition) is 6. The van der Waals surface area contributed by atoms with Gasteiger partial charge in [0.15, 0.2) is 0 Å². The van der Waals surface area contributed by atoms with E-state index in [1.54, 1.807) is 0 Å². The van der Waals surface area contributed by atoms with E-state index in [9.17, 15) is 10.2 Å². The topological polar surface area (TPSA) is 81.5 Å². The molecule has 0 fully saturated rings. The van der Waals surface area contributed by atoms with Crippen LogP contribution < -0.4 is 10.2 Å². The van der Waals surface area contributed by atoms with E-state index in [0.717, 1.165) is 43.0 Å². The van der Waals surface area contributed by atoms with Gasteiger partial charge < -0.3 is 20.4 Å². The Kier molecular flexibility index (Phi) is 5.67. The van der Waals surface area contributed by atoms with E-state index in [-0.39, 0.29) is 12.6 Å². The summed E-state index contributed by atoms with van der Waals surface area (Å²) in [6.07, 6.45) is 1.75. The number of aliphatic hydroxyl groups excluding tert-OH is 1. The third-order valence-corrected chi connectivity index (χ3v) is 5.03. The van der Waals surface area contributed by atoms with Crippen molar-refractivity contribution in [2.75, 3.05) is 23.4 Å². The molecule has 0 bridgehead atoms. The number of hydrogen-bond donors (Lipinski definition) is 3. The molecule has 146 valence electrons. The highest BCUT2D eigenvalue weighted by Gasteiger charge is 2.22.